The maximum absolute atomic E-state index is 11.6. The molecule has 0 aliphatic rings. The smallest absolute Gasteiger partial charge is 0.303 e. The lowest BCUT2D eigenvalue weighted by Gasteiger charge is -2.24. The number of rotatable bonds is 80. The third-order valence-corrected chi connectivity index (χ3v) is 20.7. The van der Waals surface area contributed by atoms with E-state index in [2.05, 4.69) is 88.5 Å². The highest BCUT2D eigenvalue weighted by molar-refractivity contribution is 5.68. The maximum Gasteiger partial charge on any atom is 0.303 e. The van der Waals surface area contributed by atoms with Crippen LogP contribution in [0.15, 0.2) is 97.2 Å². The summed E-state index contributed by atoms with van der Waals surface area (Å²) in [6, 6.07) is -1.31. The quantitative estimate of drug-likeness (QED) is 0.0143. The summed E-state index contributed by atoms with van der Waals surface area (Å²) in [6.45, 7) is 8.91. The molecule has 0 aromatic rings. The van der Waals surface area contributed by atoms with Gasteiger partial charge in [-0.2, -0.15) is 0 Å². The van der Waals surface area contributed by atoms with E-state index >= 15 is 0 Å². The molecule has 0 bridgehead atoms. The number of nitrogens with zero attached hydrogens (tertiary/aromatic N) is 4. The van der Waals surface area contributed by atoms with Gasteiger partial charge in [-0.1, -0.05) is 330 Å². The van der Waals surface area contributed by atoms with Gasteiger partial charge in [0.2, 0.25) is 23.2 Å². The zero-order valence-electron chi connectivity index (χ0n) is 72.4. The van der Waals surface area contributed by atoms with Gasteiger partial charge in [0.15, 0.2) is 0 Å². The fraction of sp³-hybridized carbons (Fsp3) is 0.761. The Morgan fingerprint density at radius 2 is 0.509 bits per heavy atom. The van der Waals surface area contributed by atoms with Crippen LogP contribution in [0.1, 0.15) is 426 Å². The van der Waals surface area contributed by atoms with Gasteiger partial charge < -0.3 is 30.6 Å². The summed E-state index contributed by atoms with van der Waals surface area (Å²) in [4.78, 5) is 108. The lowest BCUT2D eigenvalue weighted by atomic mass is 9.83. The number of carboxylic acid groups (broad SMARTS) is 6. The summed E-state index contributed by atoms with van der Waals surface area (Å²) in [5.74, 6) is -6.23. The molecule has 668 valence electrons. The SMILES string of the molecule is CCCCC/C=C\C/C=C\C/C=C\C/C=C\CC(CCC(=O)O)(CCC(=O)O)[N+](=O)[O-].CCCCC/C=C\C/C=C\C/C=C\C/C=C\CC(CCCCC(=O)O)[N+](=O)[O-].CCCCCCCCCCCCCCCCCC(CCC(=O)O)(CCC(=O)O)[N+](=O)[O-].CCCCCCCCCCCCCCCCCC(CCC(=O)O)[N+](=O)[O-]. The van der Waals surface area contributed by atoms with E-state index in [-0.39, 0.29) is 93.3 Å². The van der Waals surface area contributed by atoms with Crippen molar-refractivity contribution in [3.8, 4) is 0 Å². The van der Waals surface area contributed by atoms with Gasteiger partial charge in [0.25, 0.3) is 0 Å². The van der Waals surface area contributed by atoms with Gasteiger partial charge in [-0.25, -0.2) is 0 Å². The highest BCUT2D eigenvalue weighted by Gasteiger charge is 2.43. The van der Waals surface area contributed by atoms with Crippen LogP contribution in [-0.2, 0) is 28.8 Å². The average Bonchev–Trinajstić information content (AvgIpc) is 0.849. The van der Waals surface area contributed by atoms with E-state index in [1.165, 1.54) is 193 Å². The molecule has 2 atom stereocenters. The van der Waals surface area contributed by atoms with Crippen LogP contribution in [0.3, 0.4) is 0 Å². The summed E-state index contributed by atoms with van der Waals surface area (Å²) in [6.07, 6.45) is 85.9. The summed E-state index contributed by atoms with van der Waals surface area (Å²) in [5.41, 5.74) is -3.00. The number of carboxylic acids is 6. The summed E-state index contributed by atoms with van der Waals surface area (Å²) in [7, 11) is 0. The van der Waals surface area contributed by atoms with Crippen molar-refractivity contribution in [3.63, 3.8) is 0 Å². The fourth-order valence-corrected chi connectivity index (χ4v) is 13.2. The zero-order valence-corrected chi connectivity index (χ0v) is 72.4. The van der Waals surface area contributed by atoms with Gasteiger partial charge in [0.05, 0.1) is 32.1 Å². The first-order valence-electron chi connectivity index (χ1n) is 44.9. The predicted octanol–water partition coefficient (Wildman–Crippen LogP) is 26.5. The topological polar surface area (TPSA) is 396 Å². The van der Waals surface area contributed by atoms with Crippen molar-refractivity contribution in [2.45, 2.75) is 449 Å². The molecule has 24 heteroatoms. The van der Waals surface area contributed by atoms with Crippen LogP contribution in [0.5, 0.6) is 0 Å². The van der Waals surface area contributed by atoms with Crippen molar-refractivity contribution in [2.75, 3.05) is 0 Å². The number of unbranched alkanes of at least 4 members (excludes halogenated alkanes) is 35. The minimum absolute atomic E-state index is 0.0128. The van der Waals surface area contributed by atoms with Crippen LogP contribution >= 0.6 is 0 Å². The Kier molecular flexibility index (Phi) is 85.7. The number of aliphatic carboxylic acids is 6. The molecule has 0 radical (unpaired) electrons. The van der Waals surface area contributed by atoms with Crippen molar-refractivity contribution < 1.29 is 79.1 Å². The van der Waals surface area contributed by atoms with Crippen molar-refractivity contribution in [1.29, 1.82) is 0 Å². The number of hydrogen-bond donors (Lipinski definition) is 6. The normalized spacial score (nSPS) is 12.4. The molecular weight excluding hydrogens is 1480 g/mol. The number of allylic oxidation sites excluding steroid dienone is 14. The fourth-order valence-electron chi connectivity index (χ4n) is 13.2. The van der Waals surface area contributed by atoms with Crippen LogP contribution in [0.4, 0.5) is 0 Å². The molecule has 0 saturated carbocycles. The molecule has 6 N–H and O–H groups in total. The maximum atomic E-state index is 11.6. The molecular formula is C92H160N4O20. The van der Waals surface area contributed by atoms with Crippen LogP contribution < -0.4 is 0 Å². The first kappa shape index (κ1) is 115. The molecule has 0 aliphatic carbocycles. The van der Waals surface area contributed by atoms with Gasteiger partial charge in [-0.05, 0) is 89.9 Å². The Morgan fingerprint density at radius 1 is 0.259 bits per heavy atom. The molecule has 0 spiro atoms. The Hall–Kier alpha value is -7.66. The number of nitro groups is 4. The van der Waals surface area contributed by atoms with E-state index in [1.54, 1.807) is 12.2 Å². The molecule has 2 unspecified atom stereocenters. The summed E-state index contributed by atoms with van der Waals surface area (Å²) in [5, 5.41) is 97.9. The second-order valence-corrected chi connectivity index (χ2v) is 31.0. The molecule has 0 aliphatic heterocycles. The largest absolute Gasteiger partial charge is 0.481 e. The van der Waals surface area contributed by atoms with Crippen molar-refractivity contribution in [2.24, 2.45) is 0 Å². The van der Waals surface area contributed by atoms with Crippen molar-refractivity contribution in [1.82, 2.24) is 0 Å². The molecule has 0 fully saturated rings. The minimum Gasteiger partial charge on any atom is -0.481 e. The zero-order chi connectivity index (χ0) is 87.1. The molecule has 0 aromatic heterocycles. The van der Waals surface area contributed by atoms with Crippen LogP contribution in [0.2, 0.25) is 0 Å². The van der Waals surface area contributed by atoms with Crippen molar-refractivity contribution >= 4 is 35.8 Å². The van der Waals surface area contributed by atoms with E-state index in [4.69, 9.17) is 30.6 Å². The average molecular weight is 1640 g/mol. The summed E-state index contributed by atoms with van der Waals surface area (Å²) >= 11 is 0. The second kappa shape index (κ2) is 86.7. The lowest BCUT2D eigenvalue weighted by Crippen LogP contribution is -2.39. The van der Waals surface area contributed by atoms with Crippen molar-refractivity contribution in [3.05, 3.63) is 138 Å². The monoisotopic (exact) mass is 1640 g/mol. The molecule has 0 heterocycles. The van der Waals surface area contributed by atoms with Crippen LogP contribution in [-0.4, -0.2) is 109 Å². The Bertz CT molecular complexity index is 2690. The highest BCUT2D eigenvalue weighted by Crippen LogP contribution is 2.32. The van der Waals surface area contributed by atoms with E-state index < -0.39 is 68.8 Å². The summed E-state index contributed by atoms with van der Waals surface area (Å²) < 4.78 is 0. The lowest BCUT2D eigenvalue weighted by molar-refractivity contribution is -0.574. The Labute approximate surface area is 698 Å². The first-order chi connectivity index (χ1) is 55.8. The second-order valence-electron chi connectivity index (χ2n) is 31.0. The third-order valence-electron chi connectivity index (χ3n) is 20.7. The molecule has 0 saturated heterocycles. The molecule has 0 rings (SSSR count). The molecule has 0 aromatic carbocycles. The van der Waals surface area contributed by atoms with Gasteiger partial charge in [-0.15, -0.1) is 0 Å². The predicted molar refractivity (Wildman–Crippen MR) is 469 cm³/mol. The van der Waals surface area contributed by atoms with Crippen LogP contribution in [0, 0.1) is 40.5 Å². The number of carbonyl (C=O) groups is 6. The Balaban J connectivity index is -0.000000723. The molecule has 116 heavy (non-hydrogen) atoms. The van der Waals surface area contributed by atoms with Crippen LogP contribution in [0.25, 0.3) is 0 Å². The first-order valence-corrected chi connectivity index (χ1v) is 44.9. The van der Waals surface area contributed by atoms with E-state index in [0.717, 1.165) is 77.0 Å². The van der Waals surface area contributed by atoms with Gasteiger partial charge in [-0.3, -0.25) is 69.2 Å². The van der Waals surface area contributed by atoms with Gasteiger partial charge in [0, 0.05) is 90.3 Å². The van der Waals surface area contributed by atoms with E-state index in [0.29, 0.717) is 44.9 Å². The van der Waals surface area contributed by atoms with E-state index in [1.807, 2.05) is 24.3 Å². The molecule has 0 amide bonds. The van der Waals surface area contributed by atoms with Gasteiger partial charge >= 0.3 is 35.8 Å². The highest BCUT2D eigenvalue weighted by atomic mass is 16.6. The Morgan fingerprint density at radius 3 is 0.810 bits per heavy atom. The van der Waals surface area contributed by atoms with Gasteiger partial charge in [0.1, 0.15) is 0 Å². The van der Waals surface area contributed by atoms with E-state index in [9.17, 15) is 69.2 Å². The third kappa shape index (κ3) is 84.3. The molecule has 24 nitrogen and oxygen atoms in total. The number of hydrogen-bond acceptors (Lipinski definition) is 14. The minimum atomic E-state index is -1.57. The standard InChI is InChI=1S/C24H45NO6.C24H37NO6.C23H37NO4.C21H41NO4/c2*1-2-3-4-5-6-7-8-9-10-11-12-13-14-15-16-19-24(25(30)31,20-17-22(26)27)21-18-23(28)29;1-2-3-4-5-6-7-8-9-10-11-12-13-14-15-16-19-22(24(27)28)20-17-18-21-23(25)26;1-2-3-4-5-6-7-8-9-10-11-12-13-14-15-16-17-20(22(25)26)18-19-21(23)24/h2-21H2,1H3,(H,26,27)(H,28,29);6-7,9-10,12-13,15-16H,2-5,8,11,14,17-21H2,1H3,(H,26,27)(H,28,29);6-7,9-10,12-13,15-16,22H,2-5,8,11,14,17-21H2,1H3,(H,25,26);20H,2-19H2,1H3,(H,23,24)/b;2*7-6-,10-9-,13-12-,16-15-;.